The highest BCUT2D eigenvalue weighted by Gasteiger charge is 2.28. The quantitative estimate of drug-likeness (QED) is 0.551. The van der Waals surface area contributed by atoms with Crippen molar-refractivity contribution in [3.63, 3.8) is 0 Å². The molecule has 0 spiro atoms. The predicted molar refractivity (Wildman–Crippen MR) is 66.2 cm³/mol. The summed E-state index contributed by atoms with van der Waals surface area (Å²) in [4.78, 5) is 23.1. The smallest absolute Gasteiger partial charge is 0.173 e. The fraction of sp³-hybridized carbons (Fsp3) is 0.200. The maximum Gasteiger partial charge on any atom is 0.173 e. The molecular weight excluding hydrogens is 212 g/mol. The zero-order chi connectivity index (χ0) is 11.8. The van der Waals surface area contributed by atoms with Gasteiger partial charge >= 0.3 is 0 Å². The van der Waals surface area contributed by atoms with Crippen molar-refractivity contribution in [2.45, 2.75) is 12.8 Å². The van der Waals surface area contributed by atoms with Gasteiger partial charge in [0.1, 0.15) is 6.29 Å². The van der Waals surface area contributed by atoms with E-state index in [2.05, 4.69) is 0 Å². The van der Waals surface area contributed by atoms with Gasteiger partial charge < -0.3 is 4.79 Å². The first-order valence-electron chi connectivity index (χ1n) is 5.81. The Morgan fingerprint density at radius 2 is 1.94 bits per heavy atom. The van der Waals surface area contributed by atoms with Crippen LogP contribution in [0.1, 0.15) is 22.3 Å². The van der Waals surface area contributed by atoms with Gasteiger partial charge in [0.15, 0.2) is 5.78 Å². The molecule has 0 amide bonds. The molecule has 17 heavy (non-hydrogen) atoms. The van der Waals surface area contributed by atoms with Crippen LogP contribution in [0.4, 0.5) is 0 Å². The second-order valence-electron chi connectivity index (χ2n) is 4.47. The summed E-state index contributed by atoms with van der Waals surface area (Å²) in [6, 6.07) is 11.9. The number of Topliss-reactive ketones (excluding diaryl/α,β-unsaturated/α-hetero) is 1. The van der Waals surface area contributed by atoms with Gasteiger partial charge in [0.2, 0.25) is 0 Å². The van der Waals surface area contributed by atoms with Gasteiger partial charge in [0.25, 0.3) is 0 Å². The van der Waals surface area contributed by atoms with Crippen LogP contribution in [0.25, 0.3) is 10.8 Å². The Morgan fingerprint density at radius 3 is 2.76 bits per heavy atom. The first-order valence-corrected chi connectivity index (χ1v) is 5.81. The lowest BCUT2D eigenvalue weighted by Crippen LogP contribution is -2.23. The average Bonchev–Trinajstić information content (AvgIpc) is 2.38. The number of carbonyl (C=O) groups excluding carboxylic acids is 2. The molecule has 0 radical (unpaired) electrons. The summed E-state index contributed by atoms with van der Waals surface area (Å²) in [5, 5.41) is 2.03. The number of ketones is 1. The van der Waals surface area contributed by atoms with E-state index >= 15 is 0 Å². The summed E-state index contributed by atoms with van der Waals surface area (Å²) in [6.45, 7) is 0. The highest BCUT2D eigenvalue weighted by molar-refractivity contribution is 6.15. The Kier molecular flexibility index (Phi) is 2.29. The number of fused-ring (bicyclic) bond motifs is 3. The van der Waals surface area contributed by atoms with Gasteiger partial charge in [-0.3, -0.25) is 4.79 Å². The van der Waals surface area contributed by atoms with Crippen LogP contribution in [0.3, 0.4) is 0 Å². The maximum atomic E-state index is 12.2. The second kappa shape index (κ2) is 3.81. The lowest BCUT2D eigenvalue weighted by Gasteiger charge is -2.20. The Bertz CT molecular complexity index is 613. The number of benzene rings is 2. The van der Waals surface area contributed by atoms with Gasteiger partial charge in [0, 0.05) is 5.56 Å². The normalized spacial score (nSPS) is 19.1. The lowest BCUT2D eigenvalue weighted by atomic mass is 9.81. The number of rotatable bonds is 1. The topological polar surface area (TPSA) is 34.1 Å². The highest BCUT2D eigenvalue weighted by atomic mass is 16.1. The molecule has 2 nitrogen and oxygen atoms in total. The SMILES string of the molecule is O=CC1CCc2ccc3ccccc3c2C1=O. The fourth-order valence-electron chi connectivity index (χ4n) is 2.57. The first kappa shape index (κ1) is 10.2. The van der Waals surface area contributed by atoms with Crippen molar-refractivity contribution in [3.05, 3.63) is 47.5 Å². The molecule has 0 bridgehead atoms. The summed E-state index contributed by atoms with van der Waals surface area (Å²) in [5.74, 6) is -0.466. The molecule has 0 fully saturated rings. The molecule has 0 saturated carbocycles. The third kappa shape index (κ3) is 1.48. The van der Waals surface area contributed by atoms with Crippen LogP contribution in [0.5, 0.6) is 0 Å². The van der Waals surface area contributed by atoms with Crippen molar-refractivity contribution in [2.24, 2.45) is 5.92 Å². The van der Waals surface area contributed by atoms with E-state index in [1.807, 2.05) is 36.4 Å². The molecule has 0 aliphatic heterocycles. The van der Waals surface area contributed by atoms with Gasteiger partial charge in [-0.25, -0.2) is 0 Å². The van der Waals surface area contributed by atoms with Crippen LogP contribution < -0.4 is 0 Å². The molecule has 1 aliphatic carbocycles. The minimum Gasteiger partial charge on any atom is -0.303 e. The molecule has 0 saturated heterocycles. The molecule has 1 unspecified atom stereocenters. The van der Waals surface area contributed by atoms with Gasteiger partial charge in [0.05, 0.1) is 5.92 Å². The summed E-state index contributed by atoms with van der Waals surface area (Å²) < 4.78 is 0. The van der Waals surface area contributed by atoms with E-state index in [-0.39, 0.29) is 5.78 Å². The monoisotopic (exact) mass is 224 g/mol. The van der Waals surface area contributed by atoms with Crippen molar-refractivity contribution in [1.82, 2.24) is 0 Å². The highest BCUT2D eigenvalue weighted by Crippen LogP contribution is 2.30. The van der Waals surface area contributed by atoms with Gasteiger partial charge in [-0.05, 0) is 29.2 Å². The van der Waals surface area contributed by atoms with Crippen LogP contribution in [0, 0.1) is 5.92 Å². The number of aldehydes is 1. The van der Waals surface area contributed by atoms with E-state index in [4.69, 9.17) is 0 Å². The van der Waals surface area contributed by atoms with Crippen LogP contribution >= 0.6 is 0 Å². The van der Waals surface area contributed by atoms with E-state index < -0.39 is 5.92 Å². The molecular formula is C15H12O2. The van der Waals surface area contributed by atoms with Crippen molar-refractivity contribution in [3.8, 4) is 0 Å². The molecule has 3 rings (SSSR count). The van der Waals surface area contributed by atoms with Crippen LogP contribution in [0.15, 0.2) is 36.4 Å². The van der Waals surface area contributed by atoms with E-state index in [9.17, 15) is 9.59 Å². The van der Waals surface area contributed by atoms with E-state index in [1.54, 1.807) is 0 Å². The molecule has 84 valence electrons. The largest absolute Gasteiger partial charge is 0.303 e. The zero-order valence-corrected chi connectivity index (χ0v) is 9.35. The van der Waals surface area contributed by atoms with Crippen LogP contribution in [0.2, 0.25) is 0 Å². The third-order valence-electron chi connectivity index (χ3n) is 3.49. The van der Waals surface area contributed by atoms with E-state index in [0.717, 1.165) is 34.6 Å². The third-order valence-corrected chi connectivity index (χ3v) is 3.49. The number of hydrogen-bond acceptors (Lipinski definition) is 2. The molecule has 0 aromatic heterocycles. The van der Waals surface area contributed by atoms with Gasteiger partial charge in [-0.1, -0.05) is 36.4 Å². The molecule has 1 atom stereocenters. The standard InChI is InChI=1S/C15H12O2/c16-9-12-8-7-11-6-5-10-3-1-2-4-13(10)14(11)15(12)17/h1-6,9,12H,7-8H2. The molecule has 2 aromatic rings. The first-order chi connectivity index (χ1) is 8.31. The summed E-state index contributed by atoms with van der Waals surface area (Å²) in [7, 11) is 0. The Balaban J connectivity index is 2.31. The average molecular weight is 224 g/mol. The minimum atomic E-state index is -0.451. The predicted octanol–water partition coefficient (Wildman–Crippen LogP) is 2.78. The molecule has 0 heterocycles. The number of hydrogen-bond donors (Lipinski definition) is 0. The van der Waals surface area contributed by atoms with Crippen molar-refractivity contribution in [1.29, 1.82) is 0 Å². The minimum absolute atomic E-state index is 0.0157. The van der Waals surface area contributed by atoms with Crippen molar-refractivity contribution >= 4 is 22.8 Å². The molecule has 2 aromatic carbocycles. The Morgan fingerprint density at radius 1 is 1.12 bits per heavy atom. The summed E-state index contributed by atoms with van der Waals surface area (Å²) >= 11 is 0. The zero-order valence-electron chi connectivity index (χ0n) is 9.35. The van der Waals surface area contributed by atoms with Gasteiger partial charge in [-0.2, -0.15) is 0 Å². The Labute approximate surface area is 99.3 Å². The fourth-order valence-corrected chi connectivity index (χ4v) is 2.57. The lowest BCUT2D eigenvalue weighted by molar-refractivity contribution is -0.110. The van der Waals surface area contributed by atoms with E-state index in [0.29, 0.717) is 6.42 Å². The Hall–Kier alpha value is -1.96. The molecule has 0 N–H and O–H groups in total. The second-order valence-corrected chi connectivity index (χ2v) is 4.47. The summed E-state index contributed by atoms with van der Waals surface area (Å²) in [6.07, 6.45) is 2.25. The number of carbonyl (C=O) groups is 2. The molecule has 2 heteroatoms. The van der Waals surface area contributed by atoms with E-state index in [1.165, 1.54) is 0 Å². The van der Waals surface area contributed by atoms with Crippen LogP contribution in [-0.4, -0.2) is 12.1 Å². The summed E-state index contributed by atoms with van der Waals surface area (Å²) in [5.41, 5.74) is 1.83. The van der Waals surface area contributed by atoms with Gasteiger partial charge in [-0.15, -0.1) is 0 Å². The molecule has 1 aliphatic rings. The van der Waals surface area contributed by atoms with Crippen LogP contribution in [-0.2, 0) is 11.2 Å². The van der Waals surface area contributed by atoms with Crippen molar-refractivity contribution < 1.29 is 9.59 Å². The number of aryl methyl sites for hydroxylation is 1. The van der Waals surface area contributed by atoms with Crippen molar-refractivity contribution in [2.75, 3.05) is 0 Å². The maximum absolute atomic E-state index is 12.2.